The summed E-state index contributed by atoms with van der Waals surface area (Å²) in [4.78, 5) is 16.4. The number of hydrogen-bond donors (Lipinski definition) is 2. The Morgan fingerprint density at radius 1 is 1.38 bits per heavy atom. The van der Waals surface area contributed by atoms with Crippen molar-refractivity contribution < 1.29 is 4.79 Å². The van der Waals surface area contributed by atoms with Gasteiger partial charge in [-0.05, 0) is 24.0 Å². The lowest BCUT2D eigenvalue weighted by Gasteiger charge is -2.24. The van der Waals surface area contributed by atoms with Crippen LogP contribution in [-0.4, -0.2) is 22.4 Å². The van der Waals surface area contributed by atoms with Gasteiger partial charge in [-0.2, -0.15) is 0 Å². The van der Waals surface area contributed by atoms with E-state index in [2.05, 4.69) is 31.1 Å². The van der Waals surface area contributed by atoms with Gasteiger partial charge < -0.3 is 11.1 Å². The third-order valence-corrected chi connectivity index (χ3v) is 3.70. The third-order valence-electron chi connectivity index (χ3n) is 3.47. The van der Waals surface area contributed by atoms with Gasteiger partial charge >= 0.3 is 0 Å². The first-order valence-electron chi connectivity index (χ1n) is 7.40. The molecule has 1 aromatic rings. The van der Waals surface area contributed by atoms with E-state index in [1.54, 1.807) is 12.1 Å². The van der Waals surface area contributed by atoms with Gasteiger partial charge in [0.15, 0.2) is 0 Å². The first kappa shape index (κ1) is 17.6. The molecule has 0 unspecified atom stereocenters. The van der Waals surface area contributed by atoms with Crippen molar-refractivity contribution in [3.63, 3.8) is 0 Å². The Bertz CT molecular complexity index is 483. The molecule has 0 saturated carbocycles. The number of carbonyl (C=O) groups excluding carboxylic acids is 1. The number of rotatable bonds is 8. The summed E-state index contributed by atoms with van der Waals surface area (Å²) in [5, 5.41) is 2.95. The van der Waals surface area contributed by atoms with E-state index < -0.39 is 0 Å². The van der Waals surface area contributed by atoms with E-state index in [4.69, 9.17) is 18.0 Å². The van der Waals surface area contributed by atoms with Crippen LogP contribution in [0.3, 0.4) is 0 Å². The van der Waals surface area contributed by atoms with Gasteiger partial charge in [-0.1, -0.05) is 52.3 Å². The number of thiocarbonyl (C=S) groups is 1. The van der Waals surface area contributed by atoms with Crippen molar-refractivity contribution in [1.29, 1.82) is 0 Å². The molecular formula is C16H25N3OS. The number of nitrogens with two attached hydrogens (primary N) is 1. The third kappa shape index (κ3) is 6.21. The van der Waals surface area contributed by atoms with Crippen LogP contribution in [0.5, 0.6) is 0 Å². The van der Waals surface area contributed by atoms with E-state index >= 15 is 0 Å². The molecule has 0 aliphatic carbocycles. The molecule has 0 spiro atoms. The van der Waals surface area contributed by atoms with E-state index in [0.29, 0.717) is 17.8 Å². The highest BCUT2D eigenvalue weighted by Gasteiger charge is 2.19. The zero-order valence-corrected chi connectivity index (χ0v) is 13.9. The quantitative estimate of drug-likeness (QED) is 0.572. The van der Waals surface area contributed by atoms with Crippen molar-refractivity contribution >= 4 is 23.1 Å². The maximum atomic E-state index is 12.1. The maximum Gasteiger partial charge on any atom is 0.269 e. The fraction of sp³-hybridized carbons (Fsp3) is 0.562. The molecule has 5 heteroatoms. The molecule has 0 fully saturated rings. The number of nitrogens with one attached hydrogen (secondary N) is 1. The monoisotopic (exact) mass is 307 g/mol. The smallest absolute Gasteiger partial charge is 0.269 e. The van der Waals surface area contributed by atoms with Gasteiger partial charge in [0.25, 0.3) is 5.91 Å². The minimum Gasteiger partial charge on any atom is -0.389 e. The first-order chi connectivity index (χ1) is 9.85. The summed E-state index contributed by atoms with van der Waals surface area (Å²) in [6, 6.07) is 3.37. The van der Waals surface area contributed by atoms with E-state index in [1.165, 1.54) is 25.5 Å². The second kappa shape index (κ2) is 8.08. The molecule has 0 aromatic carbocycles. The van der Waals surface area contributed by atoms with E-state index in [1.807, 2.05) is 0 Å². The van der Waals surface area contributed by atoms with Crippen LogP contribution in [0, 0.1) is 5.41 Å². The molecule has 4 nitrogen and oxygen atoms in total. The number of nitrogens with zero attached hydrogens (tertiary/aromatic N) is 1. The number of amides is 1. The van der Waals surface area contributed by atoms with Crippen LogP contribution in [0.15, 0.2) is 18.3 Å². The molecule has 0 aliphatic heterocycles. The molecular weight excluding hydrogens is 282 g/mol. The number of aromatic nitrogens is 1. The van der Waals surface area contributed by atoms with Gasteiger partial charge in [-0.15, -0.1) is 0 Å². The average Bonchev–Trinajstić information content (AvgIpc) is 2.45. The molecule has 1 rings (SSSR count). The topological polar surface area (TPSA) is 68.0 Å². The Kier molecular flexibility index (Phi) is 6.75. The SMILES string of the molecule is CCCCCC(C)(C)CNC(=O)c1ccc(C(N)=S)cn1. The molecule has 0 radical (unpaired) electrons. The van der Waals surface area contributed by atoms with Crippen LogP contribution in [0.2, 0.25) is 0 Å². The molecule has 0 bridgehead atoms. The zero-order valence-electron chi connectivity index (χ0n) is 13.1. The van der Waals surface area contributed by atoms with E-state index in [0.717, 1.165) is 6.42 Å². The minimum absolute atomic E-state index is 0.101. The zero-order chi connectivity index (χ0) is 15.9. The highest BCUT2D eigenvalue weighted by molar-refractivity contribution is 7.80. The van der Waals surface area contributed by atoms with E-state index in [9.17, 15) is 4.79 Å². The Labute approximate surface area is 132 Å². The van der Waals surface area contributed by atoms with Gasteiger partial charge in [-0.25, -0.2) is 0 Å². The molecule has 3 N–H and O–H groups in total. The van der Waals surface area contributed by atoms with Gasteiger partial charge in [0, 0.05) is 18.3 Å². The summed E-state index contributed by atoms with van der Waals surface area (Å²) < 4.78 is 0. The molecule has 1 aromatic heterocycles. The highest BCUT2D eigenvalue weighted by atomic mass is 32.1. The number of carbonyl (C=O) groups is 1. The lowest BCUT2D eigenvalue weighted by atomic mass is 9.87. The standard InChI is InChI=1S/C16H25N3OS/c1-4-5-6-9-16(2,3)11-19-15(20)13-8-7-12(10-18-13)14(17)21/h7-8,10H,4-6,9,11H2,1-3H3,(H2,17,21)(H,19,20). The van der Waals surface area contributed by atoms with Gasteiger partial charge in [-0.3, -0.25) is 9.78 Å². The second-order valence-corrected chi connectivity index (χ2v) is 6.54. The molecule has 1 amide bonds. The van der Waals surface area contributed by atoms with Crippen molar-refractivity contribution in [3.05, 3.63) is 29.6 Å². The second-order valence-electron chi connectivity index (χ2n) is 6.10. The fourth-order valence-corrected chi connectivity index (χ4v) is 2.15. The first-order valence-corrected chi connectivity index (χ1v) is 7.80. The van der Waals surface area contributed by atoms with Crippen molar-refractivity contribution in [2.24, 2.45) is 11.1 Å². The summed E-state index contributed by atoms with van der Waals surface area (Å²) in [6.07, 6.45) is 6.28. The summed E-state index contributed by atoms with van der Waals surface area (Å²) >= 11 is 4.86. The lowest BCUT2D eigenvalue weighted by Crippen LogP contribution is -2.34. The Balaban J connectivity index is 2.51. The van der Waals surface area contributed by atoms with Crippen LogP contribution < -0.4 is 11.1 Å². The van der Waals surface area contributed by atoms with Crippen LogP contribution in [0.25, 0.3) is 0 Å². The van der Waals surface area contributed by atoms with Crippen molar-refractivity contribution in [1.82, 2.24) is 10.3 Å². The Morgan fingerprint density at radius 2 is 2.10 bits per heavy atom. The summed E-state index contributed by atoms with van der Waals surface area (Å²) in [7, 11) is 0. The normalized spacial score (nSPS) is 11.2. The maximum absolute atomic E-state index is 12.1. The lowest BCUT2D eigenvalue weighted by molar-refractivity contribution is 0.0929. The van der Waals surface area contributed by atoms with Crippen molar-refractivity contribution in [3.8, 4) is 0 Å². The molecule has 0 saturated heterocycles. The van der Waals surface area contributed by atoms with Gasteiger partial charge in [0.2, 0.25) is 0 Å². The van der Waals surface area contributed by atoms with Crippen LogP contribution in [0.4, 0.5) is 0 Å². The van der Waals surface area contributed by atoms with Crippen molar-refractivity contribution in [2.75, 3.05) is 6.54 Å². The average molecular weight is 307 g/mol. The van der Waals surface area contributed by atoms with Gasteiger partial charge in [0.05, 0.1) is 0 Å². The summed E-state index contributed by atoms with van der Waals surface area (Å²) in [5.74, 6) is -0.159. The summed E-state index contributed by atoms with van der Waals surface area (Å²) in [6.45, 7) is 7.18. The van der Waals surface area contributed by atoms with Crippen LogP contribution >= 0.6 is 12.2 Å². The minimum atomic E-state index is -0.159. The molecule has 1 heterocycles. The highest BCUT2D eigenvalue weighted by Crippen LogP contribution is 2.22. The predicted octanol–water partition coefficient (Wildman–Crippen LogP) is 3.05. The number of unbranched alkanes of at least 4 members (excludes halogenated alkanes) is 2. The number of pyridine rings is 1. The molecule has 116 valence electrons. The Morgan fingerprint density at radius 3 is 2.62 bits per heavy atom. The van der Waals surface area contributed by atoms with Crippen LogP contribution in [0.1, 0.15) is 62.5 Å². The largest absolute Gasteiger partial charge is 0.389 e. The van der Waals surface area contributed by atoms with E-state index in [-0.39, 0.29) is 16.3 Å². The van der Waals surface area contributed by atoms with Gasteiger partial charge in [0.1, 0.15) is 10.7 Å². The molecule has 0 aliphatic rings. The van der Waals surface area contributed by atoms with Crippen molar-refractivity contribution in [2.45, 2.75) is 46.5 Å². The Hall–Kier alpha value is -1.49. The fourth-order valence-electron chi connectivity index (χ4n) is 2.03. The number of hydrogen-bond acceptors (Lipinski definition) is 3. The predicted molar refractivity (Wildman–Crippen MR) is 90.4 cm³/mol. The molecule has 0 atom stereocenters. The van der Waals surface area contributed by atoms with Crippen LogP contribution in [-0.2, 0) is 0 Å². The molecule has 21 heavy (non-hydrogen) atoms. The summed E-state index contributed by atoms with van der Waals surface area (Å²) in [5.41, 5.74) is 6.66.